The van der Waals surface area contributed by atoms with E-state index in [1.54, 1.807) is 10.9 Å². The minimum Gasteiger partial charge on any atom is -0.324 e. The summed E-state index contributed by atoms with van der Waals surface area (Å²) in [6, 6.07) is 0. The third-order valence-corrected chi connectivity index (χ3v) is 2.26. The van der Waals surface area contributed by atoms with Crippen LogP contribution in [-0.2, 0) is 6.54 Å². The molecule has 0 aliphatic carbocycles. The highest BCUT2D eigenvalue weighted by Gasteiger charge is 2.14. The predicted molar refractivity (Wildman–Crippen MR) is 53.6 cm³/mol. The first-order valence-electron chi connectivity index (χ1n) is 4.15. The van der Waals surface area contributed by atoms with Crippen LogP contribution in [0, 0.1) is 0 Å². The van der Waals surface area contributed by atoms with E-state index in [0.717, 1.165) is 17.4 Å². The van der Waals surface area contributed by atoms with Gasteiger partial charge in [0.15, 0.2) is 5.78 Å². The zero-order chi connectivity index (χ0) is 9.84. The van der Waals surface area contributed by atoms with E-state index in [1.165, 1.54) is 0 Å². The smallest absolute Gasteiger partial charge is 0.195 e. The quantitative estimate of drug-likeness (QED) is 0.812. The number of nitrogens with zero attached hydrogens (tertiary/aromatic N) is 2. The maximum absolute atomic E-state index is 11.4. The molecule has 0 bridgehead atoms. The lowest BCUT2D eigenvalue weighted by molar-refractivity contribution is 0.0990. The molecule has 0 amide bonds. The molecular formula is C8H12BrN3O. The number of carbonyl (C=O) groups excluding carboxylic acids is 1. The standard InChI is InChI=1S/C8H12BrN3O/c1-2-3-12-8(7(13)4-10)6(9)5-11-12/h5H,2-4,10H2,1H3. The van der Waals surface area contributed by atoms with Crippen molar-refractivity contribution < 1.29 is 4.79 Å². The summed E-state index contributed by atoms with van der Waals surface area (Å²) in [4.78, 5) is 11.4. The number of Topliss-reactive ketones (excluding diaryl/α,β-unsaturated/α-hetero) is 1. The fraction of sp³-hybridized carbons (Fsp3) is 0.500. The molecule has 0 radical (unpaired) electrons. The van der Waals surface area contributed by atoms with Gasteiger partial charge in [-0.3, -0.25) is 9.48 Å². The zero-order valence-corrected chi connectivity index (χ0v) is 9.04. The second-order valence-electron chi connectivity index (χ2n) is 2.69. The van der Waals surface area contributed by atoms with Gasteiger partial charge in [0.2, 0.25) is 0 Å². The van der Waals surface area contributed by atoms with Crippen molar-refractivity contribution in [1.29, 1.82) is 0 Å². The van der Waals surface area contributed by atoms with E-state index < -0.39 is 0 Å². The van der Waals surface area contributed by atoms with Crippen LogP contribution in [0.25, 0.3) is 0 Å². The molecule has 0 fully saturated rings. The lowest BCUT2D eigenvalue weighted by Gasteiger charge is -2.03. The predicted octanol–water partition coefficient (Wildman–Crippen LogP) is 1.20. The van der Waals surface area contributed by atoms with E-state index in [4.69, 9.17) is 5.73 Å². The van der Waals surface area contributed by atoms with Crippen LogP contribution in [-0.4, -0.2) is 22.1 Å². The molecule has 0 aliphatic rings. The Kier molecular flexibility index (Phi) is 3.62. The second kappa shape index (κ2) is 4.53. The van der Waals surface area contributed by atoms with Crippen LogP contribution < -0.4 is 5.73 Å². The number of hydrogen-bond donors (Lipinski definition) is 1. The Morgan fingerprint density at radius 1 is 1.77 bits per heavy atom. The van der Waals surface area contributed by atoms with Gasteiger partial charge in [-0.15, -0.1) is 0 Å². The Bertz CT molecular complexity index is 308. The van der Waals surface area contributed by atoms with Crippen LogP contribution >= 0.6 is 15.9 Å². The Balaban J connectivity index is 3.01. The molecule has 13 heavy (non-hydrogen) atoms. The fourth-order valence-corrected chi connectivity index (χ4v) is 1.64. The Hall–Kier alpha value is -0.680. The summed E-state index contributed by atoms with van der Waals surface area (Å²) in [7, 11) is 0. The minimum absolute atomic E-state index is 0.0218. The lowest BCUT2D eigenvalue weighted by atomic mass is 10.3. The number of ketones is 1. The van der Waals surface area contributed by atoms with Gasteiger partial charge >= 0.3 is 0 Å². The molecule has 0 atom stereocenters. The largest absolute Gasteiger partial charge is 0.324 e. The number of rotatable bonds is 4. The van der Waals surface area contributed by atoms with Crippen LogP contribution in [0.3, 0.4) is 0 Å². The van der Waals surface area contributed by atoms with E-state index in [2.05, 4.69) is 21.0 Å². The Labute approximate surface area is 85.2 Å². The van der Waals surface area contributed by atoms with Gasteiger partial charge in [0.25, 0.3) is 0 Å². The van der Waals surface area contributed by atoms with Gasteiger partial charge in [0.05, 0.1) is 17.2 Å². The third-order valence-electron chi connectivity index (χ3n) is 1.68. The number of nitrogens with two attached hydrogens (primary N) is 1. The molecule has 0 aliphatic heterocycles. The van der Waals surface area contributed by atoms with Crippen molar-refractivity contribution in [1.82, 2.24) is 9.78 Å². The molecule has 4 nitrogen and oxygen atoms in total. The normalized spacial score (nSPS) is 10.4. The van der Waals surface area contributed by atoms with Crippen molar-refractivity contribution in [2.45, 2.75) is 19.9 Å². The summed E-state index contributed by atoms with van der Waals surface area (Å²) in [5, 5.41) is 4.07. The summed E-state index contributed by atoms with van der Waals surface area (Å²) < 4.78 is 2.40. The molecule has 0 unspecified atom stereocenters. The van der Waals surface area contributed by atoms with Crippen LogP contribution in [0.2, 0.25) is 0 Å². The second-order valence-corrected chi connectivity index (χ2v) is 3.55. The van der Waals surface area contributed by atoms with Crippen LogP contribution in [0.5, 0.6) is 0 Å². The molecule has 1 aromatic rings. The fourth-order valence-electron chi connectivity index (χ4n) is 1.12. The van der Waals surface area contributed by atoms with Crippen LogP contribution in [0.4, 0.5) is 0 Å². The summed E-state index contributed by atoms with van der Waals surface area (Å²) in [5.74, 6) is -0.0853. The monoisotopic (exact) mass is 245 g/mol. The molecule has 72 valence electrons. The number of aromatic nitrogens is 2. The number of halogens is 1. The average Bonchev–Trinajstić information content (AvgIpc) is 2.47. The van der Waals surface area contributed by atoms with Crippen molar-refractivity contribution in [2.75, 3.05) is 6.54 Å². The van der Waals surface area contributed by atoms with Gasteiger partial charge in [0.1, 0.15) is 5.69 Å². The first kappa shape index (κ1) is 10.4. The van der Waals surface area contributed by atoms with Crippen LogP contribution in [0.15, 0.2) is 10.7 Å². The first-order valence-corrected chi connectivity index (χ1v) is 4.94. The summed E-state index contributed by atoms with van der Waals surface area (Å²) in [6.07, 6.45) is 2.57. The summed E-state index contributed by atoms with van der Waals surface area (Å²) in [5.41, 5.74) is 5.86. The molecule has 1 heterocycles. The lowest BCUT2D eigenvalue weighted by Crippen LogP contribution is -2.19. The van der Waals surface area contributed by atoms with Crippen LogP contribution in [0.1, 0.15) is 23.8 Å². The molecular weight excluding hydrogens is 234 g/mol. The first-order chi connectivity index (χ1) is 6.20. The van der Waals surface area contributed by atoms with Crippen molar-refractivity contribution >= 4 is 21.7 Å². The highest BCUT2D eigenvalue weighted by Crippen LogP contribution is 2.16. The maximum atomic E-state index is 11.4. The molecule has 0 spiro atoms. The van der Waals surface area contributed by atoms with Gasteiger partial charge in [-0.1, -0.05) is 6.92 Å². The summed E-state index contributed by atoms with van der Waals surface area (Å²) in [6.45, 7) is 2.80. The third kappa shape index (κ3) is 2.16. The zero-order valence-electron chi connectivity index (χ0n) is 7.46. The molecule has 0 saturated heterocycles. The van der Waals surface area contributed by atoms with E-state index in [-0.39, 0.29) is 12.3 Å². The highest BCUT2D eigenvalue weighted by molar-refractivity contribution is 9.10. The maximum Gasteiger partial charge on any atom is 0.195 e. The number of carbonyl (C=O) groups is 1. The van der Waals surface area contributed by atoms with E-state index in [0.29, 0.717) is 5.69 Å². The van der Waals surface area contributed by atoms with Crippen molar-refractivity contribution in [3.05, 3.63) is 16.4 Å². The highest BCUT2D eigenvalue weighted by atomic mass is 79.9. The van der Waals surface area contributed by atoms with Crippen molar-refractivity contribution in [2.24, 2.45) is 5.73 Å². The molecule has 2 N–H and O–H groups in total. The molecule has 5 heteroatoms. The molecule has 1 rings (SSSR count). The van der Waals surface area contributed by atoms with Crippen molar-refractivity contribution in [3.8, 4) is 0 Å². The number of hydrogen-bond acceptors (Lipinski definition) is 3. The van der Waals surface area contributed by atoms with E-state index >= 15 is 0 Å². The van der Waals surface area contributed by atoms with Gasteiger partial charge in [0, 0.05) is 6.54 Å². The molecule has 0 aromatic carbocycles. The van der Waals surface area contributed by atoms with E-state index in [9.17, 15) is 4.79 Å². The van der Waals surface area contributed by atoms with Gasteiger partial charge in [-0.25, -0.2) is 0 Å². The van der Waals surface area contributed by atoms with Gasteiger partial charge < -0.3 is 5.73 Å². The topological polar surface area (TPSA) is 60.9 Å². The summed E-state index contributed by atoms with van der Waals surface area (Å²) >= 11 is 3.27. The minimum atomic E-state index is -0.0853. The SMILES string of the molecule is CCCn1ncc(Br)c1C(=O)CN. The average molecular weight is 246 g/mol. The number of aryl methyl sites for hydroxylation is 1. The van der Waals surface area contributed by atoms with Crippen molar-refractivity contribution in [3.63, 3.8) is 0 Å². The molecule has 1 aromatic heterocycles. The Morgan fingerprint density at radius 3 is 3.00 bits per heavy atom. The van der Waals surface area contributed by atoms with Gasteiger partial charge in [-0.05, 0) is 22.4 Å². The molecule has 0 saturated carbocycles. The Morgan fingerprint density at radius 2 is 2.46 bits per heavy atom. The van der Waals surface area contributed by atoms with Gasteiger partial charge in [-0.2, -0.15) is 5.10 Å². The van der Waals surface area contributed by atoms with E-state index in [1.807, 2.05) is 6.92 Å².